The molecule has 0 fully saturated rings. The lowest BCUT2D eigenvalue weighted by molar-refractivity contribution is 0.0601. The average molecular weight is 346 g/mol. The molecule has 0 aliphatic heterocycles. The van der Waals surface area contributed by atoms with Crippen molar-refractivity contribution in [2.75, 3.05) is 32.0 Å². The van der Waals surface area contributed by atoms with Gasteiger partial charge in [0.1, 0.15) is 0 Å². The summed E-state index contributed by atoms with van der Waals surface area (Å²) in [5.41, 5.74) is 1.86. The number of hydrogen-bond donors (Lipinski definition) is 2. The van der Waals surface area contributed by atoms with E-state index in [9.17, 15) is 4.79 Å². The highest BCUT2D eigenvalue weighted by molar-refractivity contribution is 7.80. The van der Waals surface area contributed by atoms with E-state index in [1.165, 1.54) is 7.11 Å². The summed E-state index contributed by atoms with van der Waals surface area (Å²) < 4.78 is 15.1. The van der Waals surface area contributed by atoms with Gasteiger partial charge in [0.2, 0.25) is 0 Å². The van der Waals surface area contributed by atoms with E-state index in [0.717, 1.165) is 5.69 Å². The van der Waals surface area contributed by atoms with Gasteiger partial charge in [0.25, 0.3) is 0 Å². The van der Waals surface area contributed by atoms with Gasteiger partial charge in [0.15, 0.2) is 16.6 Å². The SMILES string of the molecule is COC(=O)c1cccc(NC(=S)Nc2ccc(OC)c(OC)c2)c1. The maximum Gasteiger partial charge on any atom is 0.337 e. The van der Waals surface area contributed by atoms with Gasteiger partial charge in [-0.25, -0.2) is 4.79 Å². The summed E-state index contributed by atoms with van der Waals surface area (Å²) in [5.74, 6) is 0.822. The van der Waals surface area contributed by atoms with Crippen molar-refractivity contribution in [1.29, 1.82) is 0 Å². The predicted molar refractivity (Wildman–Crippen MR) is 97.2 cm³/mol. The van der Waals surface area contributed by atoms with Gasteiger partial charge in [-0.05, 0) is 42.5 Å². The molecule has 0 atom stereocenters. The summed E-state index contributed by atoms with van der Waals surface area (Å²) in [6, 6.07) is 12.2. The molecule has 0 aliphatic rings. The topological polar surface area (TPSA) is 68.8 Å². The summed E-state index contributed by atoms with van der Waals surface area (Å²) >= 11 is 5.29. The molecule has 0 saturated carbocycles. The number of nitrogens with one attached hydrogen (secondary N) is 2. The first kappa shape index (κ1) is 17.6. The van der Waals surface area contributed by atoms with Gasteiger partial charge in [-0.3, -0.25) is 0 Å². The molecule has 6 nitrogen and oxygen atoms in total. The van der Waals surface area contributed by atoms with Crippen LogP contribution in [0.4, 0.5) is 11.4 Å². The summed E-state index contributed by atoms with van der Waals surface area (Å²) in [6.07, 6.45) is 0. The maximum atomic E-state index is 11.5. The van der Waals surface area contributed by atoms with Gasteiger partial charge in [-0.15, -0.1) is 0 Å². The van der Waals surface area contributed by atoms with Crippen LogP contribution in [0.5, 0.6) is 11.5 Å². The van der Waals surface area contributed by atoms with E-state index in [1.54, 1.807) is 50.6 Å². The number of thiocarbonyl (C=S) groups is 1. The van der Waals surface area contributed by atoms with E-state index in [0.29, 0.717) is 27.9 Å². The standard InChI is InChI=1S/C17H18N2O4S/c1-21-14-8-7-13(10-15(14)22-2)19-17(24)18-12-6-4-5-11(9-12)16(20)23-3/h4-10H,1-3H3,(H2,18,19,24). The van der Waals surface area contributed by atoms with E-state index in [4.69, 9.17) is 26.4 Å². The lowest BCUT2D eigenvalue weighted by atomic mass is 10.2. The minimum absolute atomic E-state index is 0.379. The van der Waals surface area contributed by atoms with Crippen LogP contribution >= 0.6 is 12.2 Å². The number of rotatable bonds is 5. The number of carbonyl (C=O) groups is 1. The maximum absolute atomic E-state index is 11.5. The van der Waals surface area contributed by atoms with Crippen molar-refractivity contribution in [3.05, 3.63) is 48.0 Å². The quantitative estimate of drug-likeness (QED) is 0.636. The number of hydrogen-bond acceptors (Lipinski definition) is 5. The number of anilines is 2. The molecular formula is C17H18N2O4S. The van der Waals surface area contributed by atoms with Crippen LogP contribution in [0.25, 0.3) is 0 Å². The van der Waals surface area contributed by atoms with Crippen molar-refractivity contribution in [1.82, 2.24) is 0 Å². The Morgan fingerprint density at radius 2 is 1.58 bits per heavy atom. The smallest absolute Gasteiger partial charge is 0.337 e. The van der Waals surface area contributed by atoms with Crippen LogP contribution in [0.1, 0.15) is 10.4 Å². The summed E-state index contributed by atoms with van der Waals surface area (Å²) in [5, 5.41) is 6.44. The zero-order chi connectivity index (χ0) is 17.5. The Kier molecular flexibility index (Phi) is 5.97. The molecule has 2 rings (SSSR count). The molecule has 0 saturated heterocycles. The summed E-state index contributed by atoms with van der Waals surface area (Å²) in [4.78, 5) is 11.5. The molecule has 0 amide bonds. The van der Waals surface area contributed by atoms with Crippen molar-refractivity contribution in [3.63, 3.8) is 0 Å². The third-order valence-electron chi connectivity index (χ3n) is 3.18. The zero-order valence-electron chi connectivity index (χ0n) is 13.6. The lowest BCUT2D eigenvalue weighted by Gasteiger charge is -2.13. The summed E-state index contributed by atoms with van der Waals surface area (Å²) in [6.45, 7) is 0. The van der Waals surface area contributed by atoms with E-state index in [1.807, 2.05) is 6.07 Å². The van der Waals surface area contributed by atoms with Crippen LogP contribution in [0, 0.1) is 0 Å². The van der Waals surface area contributed by atoms with Crippen LogP contribution in [0.3, 0.4) is 0 Å². The van der Waals surface area contributed by atoms with Gasteiger partial charge in [-0.2, -0.15) is 0 Å². The normalized spacial score (nSPS) is 9.79. The highest BCUT2D eigenvalue weighted by Crippen LogP contribution is 2.29. The summed E-state index contributed by atoms with van der Waals surface area (Å²) in [7, 11) is 4.48. The predicted octanol–water partition coefficient (Wildman–Crippen LogP) is 3.30. The van der Waals surface area contributed by atoms with Gasteiger partial charge < -0.3 is 24.8 Å². The second-order valence-corrected chi connectivity index (χ2v) is 5.13. The second kappa shape index (κ2) is 8.16. The van der Waals surface area contributed by atoms with Crippen molar-refractivity contribution in [2.24, 2.45) is 0 Å². The largest absolute Gasteiger partial charge is 0.493 e. The van der Waals surface area contributed by atoms with Crippen LogP contribution in [-0.4, -0.2) is 32.4 Å². The molecule has 126 valence electrons. The average Bonchev–Trinajstić information content (AvgIpc) is 2.60. The molecule has 0 bridgehead atoms. The minimum Gasteiger partial charge on any atom is -0.493 e. The molecule has 2 N–H and O–H groups in total. The van der Waals surface area contributed by atoms with E-state index in [-0.39, 0.29) is 0 Å². The molecule has 7 heteroatoms. The fourth-order valence-corrected chi connectivity index (χ4v) is 2.28. The van der Waals surface area contributed by atoms with Crippen LogP contribution < -0.4 is 20.1 Å². The van der Waals surface area contributed by atoms with Crippen LogP contribution in [-0.2, 0) is 4.74 Å². The Morgan fingerprint density at radius 3 is 2.21 bits per heavy atom. The molecule has 0 unspecified atom stereocenters. The number of esters is 1. The molecule has 0 spiro atoms. The van der Waals surface area contributed by atoms with Crippen molar-refractivity contribution < 1.29 is 19.0 Å². The molecule has 24 heavy (non-hydrogen) atoms. The Bertz CT molecular complexity index is 749. The number of benzene rings is 2. The fourth-order valence-electron chi connectivity index (χ4n) is 2.05. The van der Waals surface area contributed by atoms with E-state index >= 15 is 0 Å². The van der Waals surface area contributed by atoms with Crippen molar-refractivity contribution >= 4 is 34.7 Å². The van der Waals surface area contributed by atoms with Crippen molar-refractivity contribution in [2.45, 2.75) is 0 Å². The number of ether oxygens (including phenoxy) is 3. The first-order valence-electron chi connectivity index (χ1n) is 7.05. The van der Waals surface area contributed by atoms with Gasteiger partial charge in [-0.1, -0.05) is 6.07 Å². The fraction of sp³-hybridized carbons (Fsp3) is 0.176. The Morgan fingerprint density at radius 1 is 0.917 bits per heavy atom. The van der Waals surface area contributed by atoms with Gasteiger partial charge in [0.05, 0.1) is 26.9 Å². The highest BCUT2D eigenvalue weighted by Gasteiger charge is 2.08. The molecule has 0 aromatic heterocycles. The molecule has 0 radical (unpaired) electrons. The molecule has 2 aromatic carbocycles. The van der Waals surface area contributed by atoms with Crippen LogP contribution in [0.2, 0.25) is 0 Å². The monoisotopic (exact) mass is 346 g/mol. The van der Waals surface area contributed by atoms with Gasteiger partial charge >= 0.3 is 5.97 Å². The van der Waals surface area contributed by atoms with Gasteiger partial charge in [0, 0.05) is 17.4 Å². The molecular weight excluding hydrogens is 328 g/mol. The Balaban J connectivity index is 2.07. The van der Waals surface area contributed by atoms with Crippen LogP contribution in [0.15, 0.2) is 42.5 Å². The first-order valence-corrected chi connectivity index (χ1v) is 7.46. The molecule has 2 aromatic rings. The number of carbonyl (C=O) groups excluding carboxylic acids is 1. The van der Waals surface area contributed by atoms with E-state index in [2.05, 4.69) is 10.6 Å². The van der Waals surface area contributed by atoms with E-state index < -0.39 is 5.97 Å². The third kappa shape index (κ3) is 4.36. The third-order valence-corrected chi connectivity index (χ3v) is 3.39. The number of methoxy groups -OCH3 is 3. The zero-order valence-corrected chi connectivity index (χ0v) is 14.4. The highest BCUT2D eigenvalue weighted by atomic mass is 32.1. The molecule has 0 heterocycles. The second-order valence-electron chi connectivity index (χ2n) is 4.72. The molecule has 0 aliphatic carbocycles. The Hall–Kier alpha value is -2.80. The minimum atomic E-state index is -0.405. The first-order chi connectivity index (χ1) is 11.6. The van der Waals surface area contributed by atoms with Crippen molar-refractivity contribution in [3.8, 4) is 11.5 Å². The lowest BCUT2D eigenvalue weighted by Crippen LogP contribution is -2.19. The Labute approximate surface area is 145 Å².